The fourth-order valence-corrected chi connectivity index (χ4v) is 1.19. The highest BCUT2D eigenvalue weighted by molar-refractivity contribution is 5.79. The van der Waals surface area contributed by atoms with E-state index in [0.717, 1.165) is 11.3 Å². The van der Waals surface area contributed by atoms with Crippen LogP contribution in [0.5, 0.6) is 0 Å². The summed E-state index contributed by atoms with van der Waals surface area (Å²) >= 11 is 0. The zero-order valence-electron chi connectivity index (χ0n) is 8.24. The first-order valence-electron chi connectivity index (χ1n) is 4.75. The monoisotopic (exact) mass is 197 g/mol. The molecule has 2 heterocycles. The molecule has 0 N–H and O–H groups in total. The third-order valence-electron chi connectivity index (χ3n) is 1.93. The SMILES string of the molecule is C(=NCc1ccccn1)c1ccncc1. The van der Waals surface area contributed by atoms with Gasteiger partial charge in [0, 0.05) is 24.8 Å². The lowest BCUT2D eigenvalue weighted by Gasteiger charge is -1.93. The van der Waals surface area contributed by atoms with Crippen LogP contribution in [0.25, 0.3) is 0 Å². The van der Waals surface area contributed by atoms with Crippen molar-refractivity contribution in [3.63, 3.8) is 0 Å². The van der Waals surface area contributed by atoms with Crippen molar-refractivity contribution in [1.82, 2.24) is 9.97 Å². The summed E-state index contributed by atoms with van der Waals surface area (Å²) in [5.74, 6) is 0. The summed E-state index contributed by atoms with van der Waals surface area (Å²) in [7, 11) is 0. The molecule has 0 saturated carbocycles. The number of pyridine rings is 2. The first-order chi connectivity index (χ1) is 7.45. The Kier molecular flexibility index (Phi) is 3.18. The fourth-order valence-electron chi connectivity index (χ4n) is 1.19. The van der Waals surface area contributed by atoms with Gasteiger partial charge in [0.2, 0.25) is 0 Å². The van der Waals surface area contributed by atoms with E-state index >= 15 is 0 Å². The molecule has 0 aliphatic heterocycles. The molecule has 0 spiro atoms. The van der Waals surface area contributed by atoms with Gasteiger partial charge in [-0.25, -0.2) is 0 Å². The van der Waals surface area contributed by atoms with Gasteiger partial charge in [0.25, 0.3) is 0 Å². The van der Waals surface area contributed by atoms with Crippen molar-refractivity contribution in [2.75, 3.05) is 0 Å². The van der Waals surface area contributed by atoms with E-state index in [0.29, 0.717) is 6.54 Å². The van der Waals surface area contributed by atoms with Crippen LogP contribution in [0, 0.1) is 0 Å². The molecule has 0 fully saturated rings. The summed E-state index contributed by atoms with van der Waals surface area (Å²) in [6, 6.07) is 9.66. The smallest absolute Gasteiger partial charge is 0.0811 e. The zero-order chi connectivity index (χ0) is 10.3. The van der Waals surface area contributed by atoms with Crippen LogP contribution in [0.1, 0.15) is 11.3 Å². The lowest BCUT2D eigenvalue weighted by Crippen LogP contribution is -1.87. The number of nitrogens with zero attached hydrogens (tertiary/aromatic N) is 3. The topological polar surface area (TPSA) is 38.1 Å². The highest BCUT2D eigenvalue weighted by Crippen LogP contribution is 1.96. The summed E-state index contributed by atoms with van der Waals surface area (Å²) in [6.07, 6.45) is 7.11. The second-order valence-corrected chi connectivity index (χ2v) is 3.07. The number of aliphatic imine (C=N–C) groups is 1. The van der Waals surface area contributed by atoms with E-state index in [9.17, 15) is 0 Å². The largest absolute Gasteiger partial charge is 0.286 e. The van der Waals surface area contributed by atoms with Gasteiger partial charge >= 0.3 is 0 Å². The van der Waals surface area contributed by atoms with Crippen LogP contribution >= 0.6 is 0 Å². The average molecular weight is 197 g/mol. The highest BCUT2D eigenvalue weighted by atomic mass is 14.8. The van der Waals surface area contributed by atoms with Crippen molar-refractivity contribution in [2.45, 2.75) is 6.54 Å². The van der Waals surface area contributed by atoms with Crippen LogP contribution in [0.2, 0.25) is 0 Å². The Morgan fingerprint density at radius 2 is 1.93 bits per heavy atom. The van der Waals surface area contributed by atoms with Gasteiger partial charge in [0.15, 0.2) is 0 Å². The maximum absolute atomic E-state index is 4.30. The molecule has 0 aromatic carbocycles. The van der Waals surface area contributed by atoms with Crippen LogP contribution in [-0.4, -0.2) is 16.2 Å². The zero-order valence-corrected chi connectivity index (χ0v) is 8.24. The van der Waals surface area contributed by atoms with Gasteiger partial charge in [-0.3, -0.25) is 15.0 Å². The van der Waals surface area contributed by atoms with Crippen LogP contribution in [0.15, 0.2) is 53.9 Å². The van der Waals surface area contributed by atoms with Gasteiger partial charge in [0.05, 0.1) is 12.2 Å². The van der Waals surface area contributed by atoms with Crippen molar-refractivity contribution in [3.05, 3.63) is 60.2 Å². The summed E-state index contributed by atoms with van der Waals surface area (Å²) in [5.41, 5.74) is 2.03. The average Bonchev–Trinajstić information content (AvgIpc) is 2.32. The maximum atomic E-state index is 4.30. The van der Waals surface area contributed by atoms with E-state index < -0.39 is 0 Å². The third-order valence-corrected chi connectivity index (χ3v) is 1.93. The molecule has 0 atom stereocenters. The predicted molar refractivity (Wildman–Crippen MR) is 59.8 cm³/mol. The van der Waals surface area contributed by atoms with Gasteiger partial charge in [-0.2, -0.15) is 0 Å². The summed E-state index contributed by atoms with van der Waals surface area (Å²) in [5, 5.41) is 0. The molecule has 2 aromatic heterocycles. The second-order valence-electron chi connectivity index (χ2n) is 3.07. The molecule has 2 aromatic rings. The molecule has 3 heteroatoms. The predicted octanol–water partition coefficient (Wildman–Crippen LogP) is 2.10. The van der Waals surface area contributed by atoms with Crippen molar-refractivity contribution in [3.8, 4) is 0 Å². The van der Waals surface area contributed by atoms with E-state index in [1.807, 2.05) is 36.5 Å². The van der Waals surface area contributed by atoms with Gasteiger partial charge in [-0.15, -0.1) is 0 Å². The number of hydrogen-bond acceptors (Lipinski definition) is 3. The van der Waals surface area contributed by atoms with Gasteiger partial charge < -0.3 is 0 Å². The van der Waals surface area contributed by atoms with Gasteiger partial charge in [-0.05, 0) is 29.8 Å². The molecule has 0 unspecified atom stereocenters. The van der Waals surface area contributed by atoms with Crippen molar-refractivity contribution in [2.24, 2.45) is 4.99 Å². The Labute approximate surface area is 88.6 Å². The van der Waals surface area contributed by atoms with E-state index in [1.54, 1.807) is 18.6 Å². The van der Waals surface area contributed by atoms with Crippen molar-refractivity contribution >= 4 is 6.21 Å². The summed E-state index contributed by atoms with van der Waals surface area (Å²) < 4.78 is 0. The molecule has 0 aliphatic carbocycles. The first kappa shape index (κ1) is 9.52. The molecule has 0 amide bonds. The lowest BCUT2D eigenvalue weighted by molar-refractivity contribution is 0.995. The minimum Gasteiger partial charge on any atom is -0.286 e. The van der Waals surface area contributed by atoms with Crippen LogP contribution in [0.3, 0.4) is 0 Å². The van der Waals surface area contributed by atoms with E-state index in [2.05, 4.69) is 15.0 Å². The molecular formula is C12H11N3. The molecule has 0 bridgehead atoms. The fraction of sp³-hybridized carbons (Fsp3) is 0.0833. The maximum Gasteiger partial charge on any atom is 0.0811 e. The molecule has 0 aliphatic rings. The van der Waals surface area contributed by atoms with Crippen LogP contribution in [0.4, 0.5) is 0 Å². The number of hydrogen-bond donors (Lipinski definition) is 0. The first-order valence-corrected chi connectivity index (χ1v) is 4.75. The standard InChI is InChI=1S/C12H11N3/c1-2-6-15-12(3-1)10-14-9-11-4-7-13-8-5-11/h1-9H,10H2. The Morgan fingerprint density at radius 1 is 1.07 bits per heavy atom. The molecule has 74 valence electrons. The molecule has 15 heavy (non-hydrogen) atoms. The van der Waals surface area contributed by atoms with Crippen LogP contribution in [-0.2, 0) is 6.54 Å². The molecule has 3 nitrogen and oxygen atoms in total. The number of aromatic nitrogens is 2. The van der Waals surface area contributed by atoms with E-state index in [-0.39, 0.29) is 0 Å². The lowest BCUT2D eigenvalue weighted by atomic mass is 10.3. The normalized spacial score (nSPS) is 10.7. The Hall–Kier alpha value is -2.03. The Morgan fingerprint density at radius 3 is 2.67 bits per heavy atom. The van der Waals surface area contributed by atoms with Crippen molar-refractivity contribution < 1.29 is 0 Å². The van der Waals surface area contributed by atoms with Crippen LogP contribution < -0.4 is 0 Å². The van der Waals surface area contributed by atoms with E-state index in [4.69, 9.17) is 0 Å². The van der Waals surface area contributed by atoms with Gasteiger partial charge in [-0.1, -0.05) is 6.07 Å². The second kappa shape index (κ2) is 5.00. The summed E-state index contributed by atoms with van der Waals surface area (Å²) in [4.78, 5) is 12.4. The summed E-state index contributed by atoms with van der Waals surface area (Å²) in [6.45, 7) is 0.614. The van der Waals surface area contributed by atoms with E-state index in [1.165, 1.54) is 0 Å². The molecule has 2 rings (SSSR count). The quantitative estimate of drug-likeness (QED) is 0.707. The number of rotatable bonds is 3. The van der Waals surface area contributed by atoms with Crippen molar-refractivity contribution in [1.29, 1.82) is 0 Å². The molecule has 0 radical (unpaired) electrons. The molecular weight excluding hydrogens is 186 g/mol. The minimum atomic E-state index is 0.614. The third kappa shape index (κ3) is 2.98. The van der Waals surface area contributed by atoms with Gasteiger partial charge in [0.1, 0.15) is 0 Å². The Balaban J connectivity index is 1.97. The Bertz CT molecular complexity index is 423. The highest BCUT2D eigenvalue weighted by Gasteiger charge is 1.88. The molecule has 0 saturated heterocycles. The minimum absolute atomic E-state index is 0.614.